The largest absolute Gasteiger partial charge is 0.491 e. The molecule has 0 aliphatic heterocycles. The lowest BCUT2D eigenvalue weighted by Gasteiger charge is -2.22. The first kappa shape index (κ1) is 17.4. The van der Waals surface area contributed by atoms with Crippen molar-refractivity contribution in [2.75, 3.05) is 0 Å². The number of nitrogens with zero attached hydrogens (tertiary/aromatic N) is 2. The van der Waals surface area contributed by atoms with E-state index in [1.807, 2.05) is 32.2 Å². The second kappa shape index (κ2) is 7.19. The number of ether oxygens (including phenoxy) is 1. The van der Waals surface area contributed by atoms with Gasteiger partial charge in [-0.25, -0.2) is 4.98 Å². The van der Waals surface area contributed by atoms with E-state index in [0.29, 0.717) is 5.92 Å². The second-order valence-corrected chi connectivity index (χ2v) is 8.33. The molecular formula is C19H21BrN2OS. The van der Waals surface area contributed by atoms with Crippen LogP contribution in [0.2, 0.25) is 0 Å². The Labute approximate surface area is 155 Å². The first-order valence-electron chi connectivity index (χ1n) is 8.13. The Morgan fingerprint density at radius 3 is 2.58 bits per heavy atom. The predicted molar refractivity (Wildman–Crippen MR) is 104 cm³/mol. The summed E-state index contributed by atoms with van der Waals surface area (Å²) in [6.45, 7) is 8.53. The molecule has 126 valence electrons. The van der Waals surface area contributed by atoms with E-state index in [1.165, 1.54) is 4.70 Å². The summed E-state index contributed by atoms with van der Waals surface area (Å²) in [6, 6.07) is 8.10. The highest BCUT2D eigenvalue weighted by Crippen LogP contribution is 2.41. The van der Waals surface area contributed by atoms with Gasteiger partial charge in [-0.3, -0.25) is 4.98 Å². The molecule has 3 rings (SSSR count). The van der Waals surface area contributed by atoms with E-state index in [2.05, 4.69) is 46.9 Å². The lowest BCUT2D eigenvalue weighted by Crippen LogP contribution is -2.13. The summed E-state index contributed by atoms with van der Waals surface area (Å²) in [5.74, 6) is 1.46. The van der Waals surface area contributed by atoms with Crippen molar-refractivity contribution in [3.63, 3.8) is 0 Å². The third-order valence-electron chi connectivity index (χ3n) is 3.82. The standard InChI is InChI=1S/C19H21BrN2OS/c1-11(2)17(13-10-21-9-8-16(13)23-12(3)4)19-22-15-7-5-6-14(20)18(15)24-19/h5-12,17H,1-4H3. The molecule has 0 aliphatic carbocycles. The summed E-state index contributed by atoms with van der Waals surface area (Å²) in [7, 11) is 0. The zero-order valence-corrected chi connectivity index (χ0v) is 16.7. The van der Waals surface area contributed by atoms with Gasteiger partial charge in [-0.2, -0.15) is 0 Å². The van der Waals surface area contributed by atoms with E-state index < -0.39 is 0 Å². The Morgan fingerprint density at radius 1 is 1.12 bits per heavy atom. The molecule has 0 bridgehead atoms. The molecule has 2 aromatic heterocycles. The number of pyridine rings is 1. The van der Waals surface area contributed by atoms with Gasteiger partial charge in [0.2, 0.25) is 0 Å². The number of halogens is 1. The maximum absolute atomic E-state index is 6.02. The van der Waals surface area contributed by atoms with E-state index in [-0.39, 0.29) is 12.0 Å². The number of hydrogen-bond donors (Lipinski definition) is 0. The fraction of sp³-hybridized carbons (Fsp3) is 0.368. The van der Waals surface area contributed by atoms with Gasteiger partial charge in [0.25, 0.3) is 0 Å². The number of aromatic nitrogens is 2. The van der Waals surface area contributed by atoms with Crippen LogP contribution in [0.3, 0.4) is 0 Å². The zero-order valence-electron chi connectivity index (χ0n) is 14.3. The Balaban J connectivity index is 2.12. The summed E-state index contributed by atoms with van der Waals surface area (Å²) in [6.07, 6.45) is 3.83. The van der Waals surface area contributed by atoms with Gasteiger partial charge in [0, 0.05) is 28.3 Å². The monoisotopic (exact) mass is 404 g/mol. The molecule has 1 unspecified atom stereocenters. The number of fused-ring (bicyclic) bond motifs is 1. The zero-order chi connectivity index (χ0) is 17.3. The lowest BCUT2D eigenvalue weighted by molar-refractivity contribution is 0.238. The predicted octanol–water partition coefficient (Wildman–Crippen LogP) is 6.03. The van der Waals surface area contributed by atoms with Crippen molar-refractivity contribution < 1.29 is 4.74 Å². The molecule has 0 radical (unpaired) electrons. The molecule has 0 amide bonds. The lowest BCUT2D eigenvalue weighted by atomic mass is 9.89. The molecule has 0 saturated carbocycles. The van der Waals surface area contributed by atoms with E-state index in [0.717, 1.165) is 26.3 Å². The Bertz CT molecular complexity index is 844. The van der Waals surface area contributed by atoms with Crippen molar-refractivity contribution in [2.45, 2.75) is 39.7 Å². The van der Waals surface area contributed by atoms with Gasteiger partial charge in [0.1, 0.15) is 10.8 Å². The van der Waals surface area contributed by atoms with E-state index in [9.17, 15) is 0 Å². The fourth-order valence-electron chi connectivity index (χ4n) is 2.83. The van der Waals surface area contributed by atoms with Crippen LogP contribution in [0, 0.1) is 5.92 Å². The van der Waals surface area contributed by atoms with Gasteiger partial charge in [-0.05, 0) is 53.9 Å². The number of thiazole rings is 1. The molecule has 3 nitrogen and oxygen atoms in total. The molecule has 0 spiro atoms. The van der Waals surface area contributed by atoms with Crippen molar-refractivity contribution in [1.29, 1.82) is 0 Å². The fourth-order valence-corrected chi connectivity index (χ4v) is 4.69. The Hall–Kier alpha value is -1.46. The topological polar surface area (TPSA) is 35.0 Å². The van der Waals surface area contributed by atoms with Gasteiger partial charge in [0.15, 0.2) is 0 Å². The van der Waals surface area contributed by atoms with Gasteiger partial charge < -0.3 is 4.74 Å². The number of hydrogen-bond acceptors (Lipinski definition) is 4. The van der Waals surface area contributed by atoms with E-state index in [4.69, 9.17) is 9.72 Å². The molecule has 5 heteroatoms. The van der Waals surface area contributed by atoms with Crippen LogP contribution in [0.4, 0.5) is 0 Å². The molecule has 1 atom stereocenters. The van der Waals surface area contributed by atoms with Gasteiger partial charge in [0.05, 0.1) is 16.3 Å². The molecular weight excluding hydrogens is 384 g/mol. The van der Waals surface area contributed by atoms with Crippen LogP contribution in [0.25, 0.3) is 10.2 Å². The first-order chi connectivity index (χ1) is 11.5. The highest BCUT2D eigenvalue weighted by atomic mass is 79.9. The Kier molecular flexibility index (Phi) is 5.21. The highest BCUT2D eigenvalue weighted by molar-refractivity contribution is 9.10. The molecule has 1 aromatic carbocycles. The van der Waals surface area contributed by atoms with Crippen molar-refractivity contribution >= 4 is 37.5 Å². The SMILES string of the molecule is CC(C)Oc1ccncc1C(c1nc2cccc(Br)c2s1)C(C)C. The normalized spacial score (nSPS) is 13.0. The minimum atomic E-state index is 0.128. The summed E-state index contributed by atoms with van der Waals surface area (Å²) in [4.78, 5) is 9.24. The van der Waals surface area contributed by atoms with Crippen LogP contribution in [-0.4, -0.2) is 16.1 Å². The van der Waals surface area contributed by atoms with Crippen LogP contribution in [0.15, 0.2) is 41.1 Å². The van der Waals surface area contributed by atoms with Gasteiger partial charge >= 0.3 is 0 Å². The van der Waals surface area contributed by atoms with Crippen LogP contribution in [0.5, 0.6) is 5.75 Å². The average Bonchev–Trinajstić information content (AvgIpc) is 2.93. The van der Waals surface area contributed by atoms with E-state index in [1.54, 1.807) is 17.5 Å². The third kappa shape index (κ3) is 3.47. The molecule has 2 heterocycles. The van der Waals surface area contributed by atoms with Gasteiger partial charge in [-0.15, -0.1) is 11.3 Å². The summed E-state index contributed by atoms with van der Waals surface area (Å²) < 4.78 is 8.31. The molecule has 0 N–H and O–H groups in total. The molecule has 0 aliphatic rings. The number of benzene rings is 1. The second-order valence-electron chi connectivity index (χ2n) is 6.44. The van der Waals surface area contributed by atoms with Crippen molar-refractivity contribution in [2.24, 2.45) is 5.92 Å². The smallest absolute Gasteiger partial charge is 0.126 e. The van der Waals surface area contributed by atoms with E-state index >= 15 is 0 Å². The average molecular weight is 405 g/mol. The van der Waals surface area contributed by atoms with Gasteiger partial charge in [-0.1, -0.05) is 19.9 Å². The molecule has 3 aromatic rings. The summed E-state index contributed by atoms with van der Waals surface area (Å²) in [5.41, 5.74) is 2.14. The maximum Gasteiger partial charge on any atom is 0.126 e. The van der Waals surface area contributed by atoms with Crippen molar-refractivity contribution in [3.8, 4) is 5.75 Å². The summed E-state index contributed by atoms with van der Waals surface area (Å²) >= 11 is 5.37. The van der Waals surface area contributed by atoms with Crippen LogP contribution >= 0.6 is 27.3 Å². The molecule has 24 heavy (non-hydrogen) atoms. The molecule has 0 fully saturated rings. The minimum absolute atomic E-state index is 0.128. The Morgan fingerprint density at radius 2 is 1.92 bits per heavy atom. The minimum Gasteiger partial charge on any atom is -0.491 e. The molecule has 0 saturated heterocycles. The maximum atomic E-state index is 6.02. The van der Waals surface area contributed by atoms with Crippen LogP contribution in [0.1, 0.15) is 44.2 Å². The van der Waals surface area contributed by atoms with Crippen LogP contribution in [-0.2, 0) is 0 Å². The summed E-state index contributed by atoms with van der Waals surface area (Å²) in [5, 5.41) is 1.11. The number of rotatable bonds is 5. The quantitative estimate of drug-likeness (QED) is 0.520. The highest BCUT2D eigenvalue weighted by Gasteiger charge is 2.26. The van der Waals surface area contributed by atoms with Crippen molar-refractivity contribution in [3.05, 3.63) is 51.7 Å². The van der Waals surface area contributed by atoms with Crippen molar-refractivity contribution in [1.82, 2.24) is 9.97 Å². The first-order valence-corrected chi connectivity index (χ1v) is 9.73. The third-order valence-corrected chi connectivity index (χ3v) is 5.93. The van der Waals surface area contributed by atoms with Crippen LogP contribution < -0.4 is 4.74 Å².